The van der Waals surface area contributed by atoms with E-state index in [1.165, 1.54) is 105 Å². The number of benzene rings is 16. The molecule has 2 unspecified atom stereocenters. The number of aliphatic hydroxyl groups excluding tert-OH is 2. The molecule has 0 amide bonds. The number of hydrogen-bond acceptors (Lipinski definition) is 10. The number of pyridine rings is 2. The van der Waals surface area contributed by atoms with E-state index in [9.17, 15) is 0 Å². The third kappa shape index (κ3) is 22.3. The van der Waals surface area contributed by atoms with Crippen LogP contribution in [-0.2, 0) is 20.1 Å². The smallest absolute Gasteiger partial charge is 0.119 e. The van der Waals surface area contributed by atoms with Crippen molar-refractivity contribution in [3.05, 3.63) is 469 Å². The second kappa shape index (κ2) is 43.9. The van der Waals surface area contributed by atoms with Gasteiger partial charge in [0.15, 0.2) is 0 Å². The fraction of sp³-hybridized carbons (Fsp3) is 0.0517. The molecule has 0 bridgehead atoms. The quantitative estimate of drug-likeness (QED) is 0.0266. The van der Waals surface area contributed by atoms with Crippen molar-refractivity contribution in [1.82, 2.24) is 34.5 Å². The summed E-state index contributed by atoms with van der Waals surface area (Å²) in [6.45, 7) is 8.50. The maximum atomic E-state index is 8.56. The molecule has 16 aromatic carbocycles. The summed E-state index contributed by atoms with van der Waals surface area (Å²) >= 11 is 0. The van der Waals surface area contributed by atoms with Gasteiger partial charge in [-0.15, -0.1) is 42.7 Å². The number of nitrogens with one attached hydrogen (secondary N) is 1. The molecule has 0 spiro atoms. The first-order valence-electron chi connectivity index (χ1n) is 43.3. The maximum absolute atomic E-state index is 8.56. The number of nitrogens with zero attached hydrogens (tertiary/aromatic N) is 8. The van der Waals surface area contributed by atoms with E-state index in [1.807, 2.05) is 122 Å². The molecule has 3 N–H and O–H groups in total. The predicted octanol–water partition coefficient (Wildman–Crippen LogP) is 28.8. The van der Waals surface area contributed by atoms with Crippen molar-refractivity contribution in [3.8, 4) is 95.1 Å². The van der Waals surface area contributed by atoms with Crippen molar-refractivity contribution in [2.75, 3.05) is 11.0 Å². The third-order valence-corrected chi connectivity index (χ3v) is 23.0. The molecule has 5 aromatic heterocycles. The van der Waals surface area contributed by atoms with Crippen LogP contribution in [0.1, 0.15) is 26.0 Å². The number of rotatable bonds is 17. The monoisotopic (exact) mass is 1900 g/mol. The molecule has 11 nitrogen and oxygen atoms in total. The molecule has 0 aliphatic rings. The molecule has 0 saturated carbocycles. The van der Waals surface area contributed by atoms with Crippen LogP contribution in [0.15, 0.2) is 457 Å². The van der Waals surface area contributed by atoms with Gasteiger partial charge < -0.3 is 24.8 Å². The Morgan fingerprint density at radius 3 is 1.23 bits per heavy atom. The van der Waals surface area contributed by atoms with Gasteiger partial charge in [0.2, 0.25) is 0 Å². The summed E-state index contributed by atoms with van der Waals surface area (Å²) in [5, 5.41) is 33.6. The van der Waals surface area contributed by atoms with Crippen LogP contribution in [0.25, 0.3) is 166 Å². The van der Waals surface area contributed by atoms with Gasteiger partial charge >= 0.3 is 0 Å². The number of allylic oxidation sites excluding steroid dienone is 2. The van der Waals surface area contributed by atoms with Gasteiger partial charge in [0, 0.05) is 82.4 Å². The molecule has 21 aromatic rings. The van der Waals surface area contributed by atoms with Gasteiger partial charge in [-0.2, -0.15) is 0 Å². The van der Waals surface area contributed by atoms with Crippen LogP contribution in [0, 0.1) is 11.2 Å². The minimum absolute atomic E-state index is 0. The van der Waals surface area contributed by atoms with E-state index in [-0.39, 0.29) is 38.4 Å². The summed E-state index contributed by atoms with van der Waals surface area (Å²) in [6.07, 6.45) is 8.31. The van der Waals surface area contributed by atoms with Crippen LogP contribution in [0.2, 0.25) is 0 Å². The summed E-state index contributed by atoms with van der Waals surface area (Å²) in [5.41, 5.74) is 28.3. The number of aromatic nitrogens is 7. The normalized spacial score (nSPS) is 11.3. The molecular formula is C116H92B3IrN9O2P-. The van der Waals surface area contributed by atoms with Crippen molar-refractivity contribution in [2.24, 2.45) is 0 Å². The van der Waals surface area contributed by atoms with Gasteiger partial charge in [-0.1, -0.05) is 329 Å². The fourth-order valence-corrected chi connectivity index (χ4v) is 16.1. The van der Waals surface area contributed by atoms with Crippen molar-refractivity contribution >= 4 is 118 Å². The van der Waals surface area contributed by atoms with Gasteiger partial charge in [0.25, 0.3) is 0 Å². The van der Waals surface area contributed by atoms with Gasteiger partial charge in [-0.25, -0.2) is 15.0 Å². The Hall–Kier alpha value is -14.9. The molecule has 0 aliphatic carbocycles. The average molecular weight is 1900 g/mol. The topological polar surface area (TPSA) is 150 Å². The molecule has 21 rings (SSSR count). The largest absolute Gasteiger partial charge is 0.393 e. The minimum atomic E-state index is -2.37. The van der Waals surface area contributed by atoms with Gasteiger partial charge in [0.1, 0.15) is 27.8 Å². The predicted molar refractivity (Wildman–Crippen MR) is 553 cm³/mol. The maximum Gasteiger partial charge on any atom is 0.119 e. The Balaban J connectivity index is 0.000000147. The summed E-state index contributed by atoms with van der Waals surface area (Å²) in [5.74, 6) is 0. The van der Waals surface area contributed by atoms with Crippen LogP contribution in [0.4, 0.5) is 17.1 Å². The summed E-state index contributed by atoms with van der Waals surface area (Å²) in [4.78, 5) is 28.7. The molecule has 7 radical (unpaired) electrons. The Labute approximate surface area is 788 Å². The van der Waals surface area contributed by atoms with Crippen molar-refractivity contribution < 1.29 is 30.3 Å². The molecule has 0 fully saturated rings. The van der Waals surface area contributed by atoms with Crippen LogP contribution in [0.3, 0.4) is 0 Å². The SMILES string of the molecule is C=CC(=C)c1cc(-c2ccccc2)ncn1.CC(O)CC(C)O.[B]CP([B])([B])=N.[Ir].[c-]1ccccc1-c1cc(-c2ccccc2)ncn1.c1ccc(-c2ccnc3c2ccc2c(-c4ccccc4)ccnc23)cc1.c1ccc(-n2c3ccccc3c3cc(-c4ccc(N(c5ccc(-c6cccc7ccccc67)cc5)c5ccc(-c6cccc7ccccc67)cc5)cc4)ccc32)cc1. The zero-order valence-electron chi connectivity index (χ0n) is 73.1. The summed E-state index contributed by atoms with van der Waals surface area (Å²) < 4.78 is 2.37. The molecule has 2 atom stereocenters. The molecule has 16 heteroatoms. The van der Waals surface area contributed by atoms with E-state index in [0.717, 1.165) is 83.9 Å². The Bertz CT molecular complexity index is 7220. The zero-order valence-corrected chi connectivity index (χ0v) is 76.4. The number of hydrogen-bond donors (Lipinski definition) is 3. The number of anilines is 3. The van der Waals surface area contributed by atoms with Gasteiger partial charge in [-0.3, -0.25) is 15.0 Å². The standard InChI is InChI=1S/C56H38N2.C24H16N2.C16H11N2.C14H12N2.C5H12O2.CH3B3NP.Ir/c1-2-16-45(17-3-1)58-55-23-9-8-20-53(55)54-38-44(30-37-56(54)58)39-24-31-46(32-25-39)57(47-33-26-42(27-34-47)51-21-10-14-40-12-4-6-18-49(40)51)48-35-28-43(29-36-48)52-22-11-15-41-13-5-7-19-50(41)52;1-3-7-17(8-4-1)19-13-15-25-23-21(19)11-12-22-20(14-16-26-24(22)23)18-9-5-2-6-10-18;1-3-7-13(8-4-1)15-11-16(18-12-17-15)14-9-5-2-6-10-14;1-3-11(2)13-9-14(16-10-15-13)12-7-5-4-6-8-12;1-4(6)3-5(2)7;2-1-6(3,4)5;/h1-38H;1-16H;1-9,11-12H;3-10H,1-2H2;4-7H,3H2,1-2H3;5H,1H2;/q;;-1;;;;. The van der Waals surface area contributed by atoms with E-state index >= 15 is 0 Å². The summed E-state index contributed by atoms with van der Waals surface area (Å²) in [7, 11) is 14.8. The van der Waals surface area contributed by atoms with Crippen LogP contribution in [-0.4, -0.2) is 85.9 Å². The first-order chi connectivity index (χ1) is 64.1. The zero-order chi connectivity index (χ0) is 90.4. The van der Waals surface area contributed by atoms with E-state index < -0.39 is 6.81 Å². The molecular weight excluding hydrogens is 1810 g/mol. The molecule has 0 saturated heterocycles. The van der Waals surface area contributed by atoms with Gasteiger partial charge in [-0.05, 0) is 199 Å². The first kappa shape index (κ1) is 91.8. The van der Waals surface area contributed by atoms with Gasteiger partial charge in [0.05, 0.1) is 59.2 Å². The van der Waals surface area contributed by atoms with Crippen LogP contribution < -0.4 is 4.90 Å². The fourth-order valence-electron chi connectivity index (χ4n) is 16.1. The molecule has 637 valence electrons. The molecule has 0 aliphatic heterocycles. The number of para-hydroxylation sites is 2. The molecule has 132 heavy (non-hydrogen) atoms. The van der Waals surface area contributed by atoms with Crippen molar-refractivity contribution in [2.45, 2.75) is 32.5 Å². The third-order valence-electron chi connectivity index (χ3n) is 22.4. The van der Waals surface area contributed by atoms with Crippen molar-refractivity contribution in [3.63, 3.8) is 0 Å². The second-order valence-electron chi connectivity index (χ2n) is 31.6. The minimum Gasteiger partial charge on any atom is -0.393 e. The average Bonchev–Trinajstić information content (AvgIpc) is 1.28. The number of aliphatic hydroxyl groups is 2. The number of fused-ring (bicyclic) bond motifs is 8. The Kier molecular flexibility index (Phi) is 30.6. The van der Waals surface area contributed by atoms with E-state index in [4.69, 9.17) is 38.4 Å². The van der Waals surface area contributed by atoms with Crippen LogP contribution >= 0.6 is 6.81 Å². The Morgan fingerprint density at radius 2 is 0.773 bits per heavy atom. The summed E-state index contributed by atoms with van der Waals surface area (Å²) in [6, 6.07) is 148. The van der Waals surface area contributed by atoms with E-state index in [1.54, 1.807) is 32.6 Å². The first-order valence-corrected chi connectivity index (χ1v) is 45.5. The van der Waals surface area contributed by atoms with Crippen molar-refractivity contribution in [1.29, 1.82) is 5.16 Å². The molecule has 5 heterocycles. The van der Waals surface area contributed by atoms with E-state index in [2.05, 4.69) is 362 Å². The van der Waals surface area contributed by atoms with Crippen LogP contribution in [0.5, 0.6) is 0 Å². The second-order valence-corrected chi connectivity index (χ2v) is 33.8. The Morgan fingerprint density at radius 1 is 0.386 bits per heavy atom. The van der Waals surface area contributed by atoms with E-state index in [0.29, 0.717) is 6.42 Å².